The van der Waals surface area contributed by atoms with Crippen LogP contribution in [-0.2, 0) is 4.79 Å². The third-order valence-corrected chi connectivity index (χ3v) is 2.40. The SMILES string of the molecule is CC1=NC2C(=O)NC(N)N=C2NC1C. The Balaban J connectivity index is 2.36. The van der Waals surface area contributed by atoms with Gasteiger partial charge in [0.2, 0.25) is 0 Å². The maximum atomic E-state index is 11.5. The number of fused-ring (bicyclic) bond motifs is 1. The lowest BCUT2D eigenvalue weighted by Gasteiger charge is -2.31. The van der Waals surface area contributed by atoms with Gasteiger partial charge in [0.15, 0.2) is 12.3 Å². The molecule has 3 atom stereocenters. The van der Waals surface area contributed by atoms with Gasteiger partial charge >= 0.3 is 0 Å². The second kappa shape index (κ2) is 3.06. The summed E-state index contributed by atoms with van der Waals surface area (Å²) in [5.41, 5.74) is 6.41. The van der Waals surface area contributed by atoms with Crippen LogP contribution in [0.15, 0.2) is 9.98 Å². The summed E-state index contributed by atoms with van der Waals surface area (Å²) in [5, 5.41) is 5.63. The first-order valence-electron chi connectivity index (χ1n) is 4.52. The van der Waals surface area contributed by atoms with Gasteiger partial charge in [0.05, 0.1) is 6.04 Å². The highest BCUT2D eigenvalue weighted by Gasteiger charge is 2.34. The number of amidine groups is 1. The van der Waals surface area contributed by atoms with Crippen molar-refractivity contribution < 1.29 is 4.79 Å². The topological polar surface area (TPSA) is 91.9 Å². The van der Waals surface area contributed by atoms with Crippen molar-refractivity contribution in [3.05, 3.63) is 0 Å². The van der Waals surface area contributed by atoms with E-state index in [1.807, 2.05) is 13.8 Å². The van der Waals surface area contributed by atoms with Crippen LogP contribution in [0.25, 0.3) is 0 Å². The van der Waals surface area contributed by atoms with Crippen LogP contribution in [0.4, 0.5) is 0 Å². The summed E-state index contributed by atoms with van der Waals surface area (Å²) in [5.74, 6) is 0.376. The molecule has 2 aliphatic rings. The lowest BCUT2D eigenvalue weighted by atomic mass is 10.1. The third kappa shape index (κ3) is 1.37. The molecule has 2 heterocycles. The fourth-order valence-corrected chi connectivity index (χ4v) is 1.48. The normalized spacial score (nSPS) is 36.2. The van der Waals surface area contributed by atoms with Crippen LogP contribution in [0, 0.1) is 0 Å². The van der Waals surface area contributed by atoms with Crippen LogP contribution >= 0.6 is 0 Å². The smallest absolute Gasteiger partial charge is 0.255 e. The molecule has 2 aliphatic heterocycles. The molecular weight excluding hydrogens is 182 g/mol. The molecule has 0 bridgehead atoms. The van der Waals surface area contributed by atoms with E-state index in [9.17, 15) is 4.79 Å². The van der Waals surface area contributed by atoms with E-state index >= 15 is 0 Å². The third-order valence-electron chi connectivity index (χ3n) is 2.40. The van der Waals surface area contributed by atoms with E-state index in [0.717, 1.165) is 5.71 Å². The van der Waals surface area contributed by atoms with Crippen molar-refractivity contribution in [2.24, 2.45) is 15.7 Å². The Morgan fingerprint density at radius 1 is 1.36 bits per heavy atom. The van der Waals surface area contributed by atoms with Crippen molar-refractivity contribution in [2.75, 3.05) is 0 Å². The van der Waals surface area contributed by atoms with Crippen LogP contribution in [-0.4, -0.2) is 35.8 Å². The first-order valence-corrected chi connectivity index (χ1v) is 4.52. The Labute approximate surface area is 81.7 Å². The van der Waals surface area contributed by atoms with Crippen molar-refractivity contribution in [2.45, 2.75) is 32.2 Å². The molecule has 0 aromatic heterocycles. The Hall–Kier alpha value is -1.43. The highest BCUT2D eigenvalue weighted by atomic mass is 16.2. The maximum Gasteiger partial charge on any atom is 0.255 e. The summed E-state index contributed by atoms with van der Waals surface area (Å²) >= 11 is 0. The van der Waals surface area contributed by atoms with Crippen molar-refractivity contribution in [3.63, 3.8) is 0 Å². The van der Waals surface area contributed by atoms with Gasteiger partial charge in [0.25, 0.3) is 5.91 Å². The number of amides is 1. The molecule has 0 saturated carbocycles. The van der Waals surface area contributed by atoms with Gasteiger partial charge in [-0.3, -0.25) is 15.5 Å². The van der Waals surface area contributed by atoms with Crippen LogP contribution in [0.1, 0.15) is 13.8 Å². The Morgan fingerprint density at radius 3 is 2.79 bits per heavy atom. The average Bonchev–Trinajstić information content (AvgIpc) is 2.08. The summed E-state index contributed by atoms with van der Waals surface area (Å²) in [7, 11) is 0. The lowest BCUT2D eigenvalue weighted by Crippen LogP contribution is -2.60. The zero-order chi connectivity index (χ0) is 10.3. The summed E-state index contributed by atoms with van der Waals surface area (Å²) in [6.45, 7) is 3.85. The molecule has 0 aromatic rings. The molecule has 76 valence electrons. The van der Waals surface area contributed by atoms with Crippen LogP contribution < -0.4 is 16.4 Å². The fourth-order valence-electron chi connectivity index (χ4n) is 1.48. The summed E-state index contributed by atoms with van der Waals surface area (Å²) in [6.07, 6.45) is -0.651. The molecule has 6 heteroatoms. The number of hydrogen-bond acceptors (Lipinski definition) is 5. The van der Waals surface area contributed by atoms with Gasteiger partial charge in [-0.2, -0.15) is 0 Å². The van der Waals surface area contributed by atoms with Crippen LogP contribution in [0.2, 0.25) is 0 Å². The first kappa shape index (κ1) is 9.14. The minimum Gasteiger partial charge on any atom is -0.364 e. The van der Waals surface area contributed by atoms with Crippen LogP contribution in [0.3, 0.4) is 0 Å². The molecule has 0 saturated heterocycles. The highest BCUT2D eigenvalue weighted by Crippen LogP contribution is 2.09. The van der Waals surface area contributed by atoms with E-state index in [4.69, 9.17) is 5.73 Å². The molecule has 0 spiro atoms. The first-order chi connectivity index (χ1) is 6.58. The zero-order valence-electron chi connectivity index (χ0n) is 8.11. The predicted molar refractivity (Wildman–Crippen MR) is 53.0 cm³/mol. The number of rotatable bonds is 0. The number of aliphatic imine (C=N–C) groups is 2. The van der Waals surface area contributed by atoms with E-state index in [2.05, 4.69) is 20.6 Å². The van der Waals surface area contributed by atoms with Gasteiger partial charge in [-0.25, -0.2) is 4.99 Å². The van der Waals surface area contributed by atoms with Crippen molar-refractivity contribution >= 4 is 17.5 Å². The Morgan fingerprint density at radius 2 is 2.07 bits per heavy atom. The summed E-state index contributed by atoms with van der Waals surface area (Å²) in [6, 6.07) is -0.422. The molecule has 0 fully saturated rings. The minimum absolute atomic E-state index is 0.114. The number of hydrogen-bond donors (Lipinski definition) is 3. The number of nitrogens with two attached hydrogens (primary N) is 1. The molecule has 1 amide bonds. The Bertz CT molecular complexity index is 335. The molecule has 3 unspecified atom stereocenters. The average molecular weight is 195 g/mol. The molecular formula is C8H13N5O. The van der Waals surface area contributed by atoms with Gasteiger partial charge in [0.1, 0.15) is 5.84 Å². The van der Waals surface area contributed by atoms with Crippen molar-refractivity contribution in [3.8, 4) is 0 Å². The van der Waals surface area contributed by atoms with Gasteiger partial charge in [-0.05, 0) is 13.8 Å². The standard InChI is InChI=1S/C8H13N5O/c1-3-4(2)11-6-5(10-3)7(14)13-8(9)12-6/h4-5,8H,9H2,1-2H3,(H,11,12)(H,13,14). The molecule has 4 N–H and O–H groups in total. The number of nitrogens with zero attached hydrogens (tertiary/aromatic N) is 2. The van der Waals surface area contributed by atoms with Gasteiger partial charge in [0, 0.05) is 5.71 Å². The van der Waals surface area contributed by atoms with Gasteiger partial charge < -0.3 is 10.6 Å². The molecule has 0 aromatic carbocycles. The van der Waals surface area contributed by atoms with Crippen molar-refractivity contribution in [1.82, 2.24) is 10.6 Å². The molecule has 6 nitrogen and oxygen atoms in total. The van der Waals surface area contributed by atoms with Crippen LogP contribution in [0.5, 0.6) is 0 Å². The Kier molecular flexibility index (Phi) is 1.99. The highest BCUT2D eigenvalue weighted by molar-refractivity contribution is 6.13. The number of carbonyl (C=O) groups is 1. The second-order valence-corrected chi connectivity index (χ2v) is 3.51. The van der Waals surface area contributed by atoms with E-state index < -0.39 is 12.3 Å². The van der Waals surface area contributed by atoms with E-state index in [1.165, 1.54) is 0 Å². The maximum absolute atomic E-state index is 11.5. The molecule has 2 rings (SSSR count). The molecule has 14 heavy (non-hydrogen) atoms. The number of carbonyl (C=O) groups excluding carboxylic acids is 1. The van der Waals surface area contributed by atoms with Gasteiger partial charge in [-0.1, -0.05) is 0 Å². The molecule has 0 radical (unpaired) electrons. The summed E-state index contributed by atoms with van der Waals surface area (Å²) in [4.78, 5) is 19.8. The monoisotopic (exact) mass is 195 g/mol. The summed E-state index contributed by atoms with van der Waals surface area (Å²) < 4.78 is 0. The minimum atomic E-state index is -0.651. The fraction of sp³-hybridized carbons (Fsp3) is 0.625. The lowest BCUT2D eigenvalue weighted by molar-refractivity contribution is -0.122. The number of nitrogens with one attached hydrogen (secondary N) is 2. The zero-order valence-corrected chi connectivity index (χ0v) is 8.11. The largest absolute Gasteiger partial charge is 0.364 e. The van der Waals surface area contributed by atoms with E-state index in [0.29, 0.717) is 5.84 Å². The van der Waals surface area contributed by atoms with Crippen molar-refractivity contribution in [1.29, 1.82) is 0 Å². The van der Waals surface area contributed by atoms with E-state index in [-0.39, 0.29) is 11.9 Å². The quantitative estimate of drug-likeness (QED) is 0.443. The predicted octanol–water partition coefficient (Wildman–Crippen LogP) is -1.42. The van der Waals surface area contributed by atoms with Gasteiger partial charge in [-0.15, -0.1) is 0 Å². The van der Waals surface area contributed by atoms with E-state index in [1.54, 1.807) is 0 Å². The second-order valence-electron chi connectivity index (χ2n) is 3.51. The molecule has 0 aliphatic carbocycles.